The Morgan fingerprint density at radius 1 is 1.00 bits per heavy atom. The third kappa shape index (κ3) is 4.50. The zero-order valence-electron chi connectivity index (χ0n) is 14.6. The van der Waals surface area contributed by atoms with E-state index in [0.717, 1.165) is 0 Å². The van der Waals surface area contributed by atoms with Crippen LogP contribution < -0.4 is 4.74 Å². The fourth-order valence-electron chi connectivity index (χ4n) is 2.68. The molecule has 0 spiro atoms. The van der Waals surface area contributed by atoms with Gasteiger partial charge in [0.2, 0.25) is 20.0 Å². The van der Waals surface area contributed by atoms with Gasteiger partial charge in [0.25, 0.3) is 0 Å². The van der Waals surface area contributed by atoms with Gasteiger partial charge in [-0.15, -0.1) is 0 Å². The number of sulfonamides is 2. The molecule has 8 nitrogen and oxygen atoms in total. The largest absolute Gasteiger partial charge is 0.497 e. The molecule has 0 bridgehead atoms. The molecule has 1 fully saturated rings. The minimum absolute atomic E-state index is 0.103. The van der Waals surface area contributed by atoms with Crippen molar-refractivity contribution in [1.82, 2.24) is 8.61 Å². The molecule has 1 aromatic rings. The van der Waals surface area contributed by atoms with Gasteiger partial charge in [-0.3, -0.25) is 0 Å². The average molecular weight is 392 g/mol. The van der Waals surface area contributed by atoms with Crippen LogP contribution >= 0.6 is 0 Å². The second-order valence-electron chi connectivity index (χ2n) is 5.74. The van der Waals surface area contributed by atoms with E-state index in [2.05, 4.69) is 0 Å². The Morgan fingerprint density at radius 3 is 2.12 bits per heavy atom. The molecule has 10 heteroatoms. The summed E-state index contributed by atoms with van der Waals surface area (Å²) in [5, 5.41) is 0. The van der Waals surface area contributed by atoms with E-state index < -0.39 is 20.0 Å². The molecule has 0 unspecified atom stereocenters. The van der Waals surface area contributed by atoms with E-state index in [1.807, 2.05) is 0 Å². The number of hydrogen-bond donors (Lipinski definition) is 0. The van der Waals surface area contributed by atoms with Crippen molar-refractivity contribution in [2.45, 2.75) is 11.8 Å². The molecule has 0 N–H and O–H groups in total. The number of benzene rings is 1. The van der Waals surface area contributed by atoms with Gasteiger partial charge in [-0.2, -0.15) is 8.61 Å². The summed E-state index contributed by atoms with van der Waals surface area (Å²) in [5.74, 6) is 0.485. The van der Waals surface area contributed by atoms with E-state index in [4.69, 9.17) is 9.47 Å². The first-order valence-electron chi connectivity index (χ1n) is 7.84. The van der Waals surface area contributed by atoms with Crippen LogP contribution in [-0.4, -0.2) is 78.2 Å². The molecule has 2 rings (SSSR count). The number of piperazine rings is 1. The number of methoxy groups -OCH3 is 2. The minimum Gasteiger partial charge on any atom is -0.497 e. The molecule has 1 aliphatic rings. The first kappa shape index (κ1) is 20.1. The highest BCUT2D eigenvalue weighted by atomic mass is 32.2. The molecule has 0 saturated carbocycles. The Balaban J connectivity index is 2.11. The van der Waals surface area contributed by atoms with Gasteiger partial charge in [0.05, 0.1) is 24.4 Å². The van der Waals surface area contributed by atoms with Crippen LogP contribution in [0.25, 0.3) is 0 Å². The lowest BCUT2D eigenvalue weighted by molar-refractivity contribution is 0.213. The maximum atomic E-state index is 12.8. The van der Waals surface area contributed by atoms with Crippen molar-refractivity contribution in [3.8, 4) is 5.75 Å². The molecule has 0 amide bonds. The fourth-order valence-corrected chi connectivity index (χ4v) is 5.67. The van der Waals surface area contributed by atoms with E-state index in [-0.39, 0.29) is 43.4 Å². The van der Waals surface area contributed by atoms with Crippen LogP contribution in [0.4, 0.5) is 0 Å². The molecule has 1 aromatic carbocycles. The van der Waals surface area contributed by atoms with Crippen molar-refractivity contribution in [2.75, 3.05) is 52.8 Å². The lowest BCUT2D eigenvalue weighted by Gasteiger charge is -2.33. The zero-order valence-corrected chi connectivity index (χ0v) is 16.3. The Hall–Kier alpha value is -1.20. The molecular formula is C15H24N2O6S2. The van der Waals surface area contributed by atoms with Crippen molar-refractivity contribution >= 4 is 20.0 Å². The Bertz CT molecular complexity index is 799. The van der Waals surface area contributed by atoms with E-state index in [1.54, 1.807) is 19.1 Å². The summed E-state index contributed by atoms with van der Waals surface area (Å²) in [5.41, 5.74) is 0.592. The van der Waals surface area contributed by atoms with E-state index in [0.29, 0.717) is 11.3 Å². The molecule has 0 radical (unpaired) electrons. The number of rotatable bonds is 7. The standard InChI is InChI=1S/C15H24N2O6S2/c1-13-12-14(23-3)4-5-15(13)25(20,21)17-8-6-16(7-9-17)24(18,19)11-10-22-2/h4-5,12H,6-11H2,1-3H3. The van der Waals surface area contributed by atoms with Crippen molar-refractivity contribution in [2.24, 2.45) is 0 Å². The predicted molar refractivity (Wildman–Crippen MR) is 93.7 cm³/mol. The Kier molecular flexibility index (Phi) is 6.44. The summed E-state index contributed by atoms with van der Waals surface area (Å²) in [4.78, 5) is 0.212. The van der Waals surface area contributed by atoms with Gasteiger partial charge in [-0.1, -0.05) is 0 Å². The van der Waals surface area contributed by atoms with Gasteiger partial charge in [-0.05, 0) is 30.7 Å². The number of nitrogens with zero attached hydrogens (tertiary/aromatic N) is 2. The zero-order chi connectivity index (χ0) is 18.7. The molecule has 0 aliphatic carbocycles. The summed E-state index contributed by atoms with van der Waals surface area (Å²) in [7, 11) is -4.14. The first-order chi connectivity index (χ1) is 11.7. The normalized spacial score (nSPS) is 17.6. The van der Waals surface area contributed by atoms with Crippen LogP contribution in [0.3, 0.4) is 0 Å². The molecular weight excluding hydrogens is 368 g/mol. The molecule has 142 valence electrons. The monoisotopic (exact) mass is 392 g/mol. The summed E-state index contributed by atoms with van der Waals surface area (Å²) in [6, 6.07) is 4.79. The van der Waals surface area contributed by atoms with Crippen LogP contribution in [0.1, 0.15) is 5.56 Å². The van der Waals surface area contributed by atoms with Gasteiger partial charge in [0, 0.05) is 33.3 Å². The number of hydrogen-bond acceptors (Lipinski definition) is 6. The predicted octanol–water partition coefficient (Wildman–Crippen LogP) is 0.286. The summed E-state index contributed by atoms with van der Waals surface area (Å²) in [6.07, 6.45) is 0. The van der Waals surface area contributed by atoms with Crippen molar-refractivity contribution in [3.05, 3.63) is 23.8 Å². The fraction of sp³-hybridized carbons (Fsp3) is 0.600. The highest BCUT2D eigenvalue weighted by molar-refractivity contribution is 7.89. The van der Waals surface area contributed by atoms with Crippen molar-refractivity contribution in [3.63, 3.8) is 0 Å². The second kappa shape index (κ2) is 8.00. The number of aryl methyl sites for hydroxylation is 1. The lowest BCUT2D eigenvalue weighted by Crippen LogP contribution is -2.51. The highest BCUT2D eigenvalue weighted by Crippen LogP contribution is 2.25. The van der Waals surface area contributed by atoms with Gasteiger partial charge >= 0.3 is 0 Å². The van der Waals surface area contributed by atoms with E-state index >= 15 is 0 Å². The third-order valence-corrected chi connectivity index (χ3v) is 8.03. The van der Waals surface area contributed by atoms with Crippen LogP contribution in [0.5, 0.6) is 5.75 Å². The minimum atomic E-state index is -3.67. The topological polar surface area (TPSA) is 93.2 Å². The lowest BCUT2D eigenvalue weighted by atomic mass is 10.2. The second-order valence-corrected chi connectivity index (χ2v) is 9.74. The summed E-state index contributed by atoms with van der Waals surface area (Å²) in [6.45, 7) is 2.35. The maximum Gasteiger partial charge on any atom is 0.243 e. The highest BCUT2D eigenvalue weighted by Gasteiger charge is 2.33. The van der Waals surface area contributed by atoms with Crippen molar-refractivity contribution in [1.29, 1.82) is 0 Å². The first-order valence-corrected chi connectivity index (χ1v) is 10.9. The molecule has 1 saturated heterocycles. The van der Waals surface area contributed by atoms with Gasteiger partial charge in [0.15, 0.2) is 0 Å². The molecule has 0 atom stereocenters. The summed E-state index contributed by atoms with van der Waals surface area (Å²) >= 11 is 0. The average Bonchev–Trinajstić information content (AvgIpc) is 2.59. The Labute approximate surface area is 149 Å². The molecule has 25 heavy (non-hydrogen) atoms. The smallest absolute Gasteiger partial charge is 0.243 e. The number of ether oxygens (including phenoxy) is 2. The van der Waals surface area contributed by atoms with Crippen LogP contribution in [0, 0.1) is 6.92 Å². The third-order valence-electron chi connectivity index (χ3n) is 4.14. The van der Waals surface area contributed by atoms with Gasteiger partial charge in [0.1, 0.15) is 5.75 Å². The van der Waals surface area contributed by atoms with E-state index in [1.165, 1.54) is 28.9 Å². The van der Waals surface area contributed by atoms with Crippen molar-refractivity contribution < 1.29 is 26.3 Å². The molecule has 1 heterocycles. The SMILES string of the molecule is COCCS(=O)(=O)N1CCN(S(=O)(=O)c2ccc(OC)cc2C)CC1. The van der Waals surface area contributed by atoms with Gasteiger partial charge in [-0.25, -0.2) is 16.8 Å². The van der Waals surface area contributed by atoms with E-state index in [9.17, 15) is 16.8 Å². The molecule has 1 aliphatic heterocycles. The van der Waals surface area contributed by atoms with Crippen LogP contribution in [0.15, 0.2) is 23.1 Å². The van der Waals surface area contributed by atoms with Gasteiger partial charge < -0.3 is 9.47 Å². The van der Waals surface area contributed by atoms with Crippen LogP contribution in [-0.2, 0) is 24.8 Å². The summed E-state index contributed by atoms with van der Waals surface area (Å²) < 4.78 is 62.5. The molecule has 0 aromatic heterocycles. The van der Waals surface area contributed by atoms with Crippen LogP contribution in [0.2, 0.25) is 0 Å². The Morgan fingerprint density at radius 2 is 1.60 bits per heavy atom. The maximum absolute atomic E-state index is 12.8. The quantitative estimate of drug-likeness (QED) is 0.662.